The van der Waals surface area contributed by atoms with Crippen LogP contribution < -0.4 is 10.4 Å². The molecule has 0 aromatic carbocycles. The number of thiazole rings is 1. The van der Waals surface area contributed by atoms with Crippen LogP contribution in [0.3, 0.4) is 0 Å². The summed E-state index contributed by atoms with van der Waals surface area (Å²) in [6.07, 6.45) is 1.92. The molecule has 0 aliphatic carbocycles. The van der Waals surface area contributed by atoms with E-state index in [4.69, 9.17) is 4.84 Å². The van der Waals surface area contributed by atoms with Crippen molar-refractivity contribution < 1.29 is 4.84 Å². The van der Waals surface area contributed by atoms with Gasteiger partial charge in [-0.1, -0.05) is 13.8 Å². The molecule has 17 heavy (non-hydrogen) atoms. The summed E-state index contributed by atoms with van der Waals surface area (Å²) in [7, 11) is 0. The Morgan fingerprint density at radius 3 is 2.71 bits per heavy atom. The monoisotopic (exact) mass is 257 g/mol. The first kappa shape index (κ1) is 14.4. The number of nitrogens with one attached hydrogen (secondary N) is 1. The zero-order valence-corrected chi connectivity index (χ0v) is 12.0. The summed E-state index contributed by atoms with van der Waals surface area (Å²) in [4.78, 5) is 13.2. The molecule has 0 radical (unpaired) electrons. The van der Waals surface area contributed by atoms with E-state index >= 15 is 0 Å². The summed E-state index contributed by atoms with van der Waals surface area (Å²) in [6.45, 7) is 12.0. The Bertz CT molecular complexity index is 310. The molecule has 98 valence electrons. The van der Waals surface area contributed by atoms with Crippen molar-refractivity contribution in [3.05, 3.63) is 11.1 Å². The van der Waals surface area contributed by atoms with Crippen LogP contribution in [0.15, 0.2) is 6.20 Å². The highest BCUT2D eigenvalue weighted by Gasteiger charge is 2.07. The van der Waals surface area contributed by atoms with Gasteiger partial charge in [0.15, 0.2) is 5.13 Å². The molecule has 4 nitrogen and oxygen atoms in total. The topological polar surface area (TPSA) is 37.4 Å². The maximum Gasteiger partial charge on any atom is 0.185 e. The molecule has 0 spiro atoms. The zero-order valence-electron chi connectivity index (χ0n) is 11.2. The van der Waals surface area contributed by atoms with Gasteiger partial charge in [0.2, 0.25) is 0 Å². The molecule has 0 aliphatic rings. The Morgan fingerprint density at radius 2 is 2.12 bits per heavy atom. The van der Waals surface area contributed by atoms with Gasteiger partial charge in [0.25, 0.3) is 0 Å². The van der Waals surface area contributed by atoms with E-state index in [-0.39, 0.29) is 0 Å². The standard InChI is InChI=1S/C12H23N3OS/c1-5-15(6-2)12-13-7-11(17-12)8-14-16-9-10(3)4/h7,10,14H,5-6,8-9H2,1-4H3. The molecule has 1 aromatic rings. The average Bonchev–Trinajstić information content (AvgIpc) is 2.75. The van der Waals surface area contributed by atoms with Crippen molar-refractivity contribution in [1.29, 1.82) is 0 Å². The van der Waals surface area contributed by atoms with Gasteiger partial charge in [-0.2, -0.15) is 5.48 Å². The molecule has 0 unspecified atom stereocenters. The van der Waals surface area contributed by atoms with Crippen LogP contribution in [0.5, 0.6) is 0 Å². The Kier molecular flexibility index (Phi) is 6.47. The Labute approximate surface area is 108 Å². The third kappa shape index (κ3) is 5.02. The molecule has 1 rings (SSSR count). The largest absolute Gasteiger partial charge is 0.349 e. The predicted octanol–water partition coefficient (Wildman–Crippen LogP) is 2.67. The second-order valence-electron chi connectivity index (χ2n) is 4.31. The minimum atomic E-state index is 0.551. The molecule has 0 saturated heterocycles. The van der Waals surface area contributed by atoms with Crippen LogP contribution in [0.1, 0.15) is 32.6 Å². The fourth-order valence-corrected chi connectivity index (χ4v) is 2.33. The Morgan fingerprint density at radius 1 is 1.41 bits per heavy atom. The highest BCUT2D eigenvalue weighted by Crippen LogP contribution is 2.21. The molecule has 1 heterocycles. The third-order valence-corrected chi connectivity index (χ3v) is 3.40. The van der Waals surface area contributed by atoms with Crippen LogP contribution in [0.25, 0.3) is 0 Å². The predicted molar refractivity (Wildman–Crippen MR) is 73.3 cm³/mol. The number of rotatable bonds is 8. The van der Waals surface area contributed by atoms with E-state index in [1.807, 2.05) is 6.20 Å². The van der Waals surface area contributed by atoms with Gasteiger partial charge in [-0.3, -0.25) is 0 Å². The van der Waals surface area contributed by atoms with E-state index in [1.54, 1.807) is 11.3 Å². The molecule has 0 bridgehead atoms. The van der Waals surface area contributed by atoms with Crippen molar-refractivity contribution in [1.82, 2.24) is 10.5 Å². The lowest BCUT2D eigenvalue weighted by atomic mass is 10.2. The van der Waals surface area contributed by atoms with Gasteiger partial charge in [-0.15, -0.1) is 11.3 Å². The van der Waals surface area contributed by atoms with E-state index < -0.39 is 0 Å². The van der Waals surface area contributed by atoms with Gasteiger partial charge >= 0.3 is 0 Å². The van der Waals surface area contributed by atoms with E-state index in [0.29, 0.717) is 5.92 Å². The summed E-state index contributed by atoms with van der Waals surface area (Å²) in [5, 5.41) is 1.09. The minimum Gasteiger partial charge on any atom is -0.349 e. The lowest BCUT2D eigenvalue weighted by Gasteiger charge is -2.16. The lowest BCUT2D eigenvalue weighted by Crippen LogP contribution is -2.21. The quantitative estimate of drug-likeness (QED) is 0.574. The molecule has 0 aliphatic heterocycles. The van der Waals surface area contributed by atoms with Crippen LogP contribution in [-0.4, -0.2) is 24.7 Å². The van der Waals surface area contributed by atoms with Gasteiger partial charge in [0.1, 0.15) is 0 Å². The molecule has 5 heteroatoms. The van der Waals surface area contributed by atoms with Gasteiger partial charge in [0.05, 0.1) is 13.2 Å². The van der Waals surface area contributed by atoms with E-state index in [0.717, 1.165) is 31.4 Å². The summed E-state index contributed by atoms with van der Waals surface area (Å²) in [6, 6.07) is 0. The van der Waals surface area contributed by atoms with Gasteiger partial charge < -0.3 is 9.74 Å². The number of hydrogen-bond acceptors (Lipinski definition) is 5. The molecule has 0 fully saturated rings. The molecule has 0 saturated carbocycles. The summed E-state index contributed by atoms with van der Waals surface area (Å²) < 4.78 is 0. The van der Waals surface area contributed by atoms with E-state index in [2.05, 4.69) is 43.1 Å². The first-order valence-corrected chi connectivity index (χ1v) is 7.03. The summed E-state index contributed by atoms with van der Waals surface area (Å²) in [5.41, 5.74) is 2.97. The van der Waals surface area contributed by atoms with Gasteiger partial charge in [-0.05, 0) is 19.8 Å². The van der Waals surface area contributed by atoms with Crippen molar-refractivity contribution in [3.8, 4) is 0 Å². The number of hydrogen-bond donors (Lipinski definition) is 1. The second-order valence-corrected chi connectivity index (χ2v) is 5.40. The Hall–Kier alpha value is -0.650. The van der Waals surface area contributed by atoms with E-state index in [1.165, 1.54) is 4.88 Å². The van der Waals surface area contributed by atoms with Crippen molar-refractivity contribution in [2.75, 3.05) is 24.6 Å². The smallest absolute Gasteiger partial charge is 0.185 e. The first-order chi connectivity index (χ1) is 8.17. The molecule has 0 atom stereocenters. The van der Waals surface area contributed by atoms with Crippen LogP contribution >= 0.6 is 11.3 Å². The van der Waals surface area contributed by atoms with Crippen molar-refractivity contribution in [3.63, 3.8) is 0 Å². The number of aromatic nitrogens is 1. The van der Waals surface area contributed by atoms with Crippen molar-refractivity contribution >= 4 is 16.5 Å². The fraction of sp³-hybridized carbons (Fsp3) is 0.750. The van der Waals surface area contributed by atoms with E-state index in [9.17, 15) is 0 Å². The van der Waals surface area contributed by atoms with Crippen LogP contribution in [0.4, 0.5) is 5.13 Å². The molecule has 1 aromatic heterocycles. The number of nitrogens with zero attached hydrogens (tertiary/aromatic N) is 2. The Balaban J connectivity index is 2.35. The molecular weight excluding hydrogens is 234 g/mol. The normalized spacial score (nSPS) is 11.1. The van der Waals surface area contributed by atoms with Crippen LogP contribution in [0.2, 0.25) is 0 Å². The fourth-order valence-electron chi connectivity index (χ4n) is 1.37. The maximum absolute atomic E-state index is 5.34. The van der Waals surface area contributed by atoms with Crippen molar-refractivity contribution in [2.45, 2.75) is 34.2 Å². The first-order valence-electron chi connectivity index (χ1n) is 6.21. The second kappa shape index (κ2) is 7.63. The minimum absolute atomic E-state index is 0.551. The number of hydroxylamine groups is 1. The average molecular weight is 257 g/mol. The summed E-state index contributed by atoms with van der Waals surface area (Å²) in [5.74, 6) is 0.551. The summed E-state index contributed by atoms with van der Waals surface area (Å²) >= 11 is 1.72. The maximum atomic E-state index is 5.34. The molecule has 1 N–H and O–H groups in total. The highest BCUT2D eigenvalue weighted by atomic mass is 32.1. The molecular formula is C12H23N3OS. The zero-order chi connectivity index (χ0) is 12.7. The number of anilines is 1. The van der Waals surface area contributed by atoms with Crippen LogP contribution in [0, 0.1) is 5.92 Å². The molecule has 0 amide bonds. The SMILES string of the molecule is CCN(CC)c1ncc(CNOCC(C)C)s1. The highest BCUT2D eigenvalue weighted by molar-refractivity contribution is 7.15. The van der Waals surface area contributed by atoms with Gasteiger partial charge in [-0.25, -0.2) is 4.98 Å². The van der Waals surface area contributed by atoms with Gasteiger partial charge in [0, 0.05) is 24.2 Å². The third-order valence-electron chi connectivity index (χ3n) is 2.34. The van der Waals surface area contributed by atoms with Crippen molar-refractivity contribution in [2.24, 2.45) is 5.92 Å². The van der Waals surface area contributed by atoms with Crippen LogP contribution in [-0.2, 0) is 11.4 Å². The lowest BCUT2D eigenvalue weighted by molar-refractivity contribution is 0.0201.